The minimum absolute atomic E-state index is 0.221. The van der Waals surface area contributed by atoms with Gasteiger partial charge in [0.05, 0.1) is 0 Å². The molecule has 0 saturated heterocycles. The van der Waals surface area contributed by atoms with Crippen molar-refractivity contribution >= 4 is 21.5 Å². The molecule has 5 aromatic rings. The monoisotopic (exact) mass is 396 g/mol. The van der Waals surface area contributed by atoms with Gasteiger partial charge < -0.3 is 0 Å². The Hall–Kier alpha value is -3.66. The van der Waals surface area contributed by atoms with Gasteiger partial charge in [0.2, 0.25) is 0 Å². The van der Waals surface area contributed by atoms with E-state index in [1.807, 2.05) is 48.5 Å². The molecule has 146 valence electrons. The average molecular weight is 396 g/mol. The molecule has 0 atom stereocenters. The molecule has 4 heteroatoms. The van der Waals surface area contributed by atoms with Crippen molar-refractivity contribution in [1.29, 1.82) is 0 Å². The van der Waals surface area contributed by atoms with Crippen LogP contribution in [0.3, 0.4) is 0 Å². The lowest BCUT2D eigenvalue weighted by Gasteiger charge is -2.09. The van der Waals surface area contributed by atoms with Crippen LogP contribution in [-0.2, 0) is 12.8 Å². The van der Waals surface area contributed by atoms with E-state index >= 15 is 0 Å². The first-order chi connectivity index (χ1) is 14.7. The van der Waals surface area contributed by atoms with Gasteiger partial charge in [-0.05, 0) is 40.1 Å². The van der Waals surface area contributed by atoms with Crippen LogP contribution in [0.15, 0.2) is 85.1 Å². The highest BCUT2D eigenvalue weighted by molar-refractivity contribution is 5.87. The van der Waals surface area contributed by atoms with Crippen LogP contribution >= 0.6 is 0 Å². The van der Waals surface area contributed by atoms with Crippen LogP contribution < -0.4 is 0 Å². The number of hydrogen-bond donors (Lipinski definition) is 0. The van der Waals surface area contributed by atoms with Gasteiger partial charge in [-0.15, -0.1) is 0 Å². The molecule has 0 spiro atoms. The molecule has 2 nitrogen and oxygen atoms in total. The maximum Gasteiger partial charge on any atom is 0.132 e. The second kappa shape index (κ2) is 7.64. The molecule has 0 bridgehead atoms. The van der Waals surface area contributed by atoms with E-state index in [1.165, 1.54) is 12.1 Å². The smallest absolute Gasteiger partial charge is 0.132 e. The summed E-state index contributed by atoms with van der Waals surface area (Å²) in [5, 5.41) is 2.98. The summed E-state index contributed by atoms with van der Waals surface area (Å²) < 4.78 is 28.2. The SMILES string of the molecule is Fc1ccc(Cc2ccnc(Cc3ccc(F)c4ccccc34)n2)c2ccccc12. The zero-order valence-corrected chi connectivity index (χ0v) is 16.1. The van der Waals surface area contributed by atoms with Gasteiger partial charge in [0.15, 0.2) is 0 Å². The van der Waals surface area contributed by atoms with Gasteiger partial charge >= 0.3 is 0 Å². The minimum atomic E-state index is -0.229. The highest BCUT2D eigenvalue weighted by Gasteiger charge is 2.10. The molecular formula is C26H18F2N2. The Balaban J connectivity index is 1.48. The molecule has 4 aromatic carbocycles. The summed E-state index contributed by atoms with van der Waals surface area (Å²) in [5.74, 6) is 0.226. The fourth-order valence-electron chi connectivity index (χ4n) is 3.95. The Morgan fingerprint density at radius 2 is 1.10 bits per heavy atom. The van der Waals surface area contributed by atoms with Gasteiger partial charge in [0.1, 0.15) is 17.5 Å². The minimum Gasteiger partial charge on any atom is -0.241 e. The van der Waals surface area contributed by atoms with Crippen LogP contribution in [0, 0.1) is 11.6 Å². The summed E-state index contributed by atoms with van der Waals surface area (Å²) in [6, 6.07) is 23.4. The summed E-state index contributed by atoms with van der Waals surface area (Å²) in [4.78, 5) is 9.14. The molecule has 1 aromatic heterocycles. The molecule has 0 unspecified atom stereocenters. The van der Waals surface area contributed by atoms with Crippen molar-refractivity contribution in [3.63, 3.8) is 0 Å². The second-order valence-electron chi connectivity index (χ2n) is 7.32. The molecule has 0 fully saturated rings. The van der Waals surface area contributed by atoms with Crippen molar-refractivity contribution < 1.29 is 8.78 Å². The van der Waals surface area contributed by atoms with Crippen LogP contribution in [0.2, 0.25) is 0 Å². The maximum atomic E-state index is 14.1. The van der Waals surface area contributed by atoms with Crippen LogP contribution in [0.1, 0.15) is 22.6 Å². The molecule has 5 rings (SSSR count). The van der Waals surface area contributed by atoms with Gasteiger partial charge in [0.25, 0.3) is 0 Å². The van der Waals surface area contributed by atoms with E-state index in [0.717, 1.165) is 27.6 Å². The molecule has 1 heterocycles. The standard InChI is InChI=1S/C26H18F2N2/c27-24-11-9-17(20-5-1-3-7-22(20)24)15-19-13-14-29-26(30-19)16-18-10-12-25(28)23-8-4-2-6-21(18)23/h1-14H,15-16H2. The Bertz CT molecular complexity index is 1280. The summed E-state index contributed by atoms with van der Waals surface area (Å²) in [7, 11) is 0. The van der Waals surface area contributed by atoms with Crippen molar-refractivity contribution in [3.05, 3.63) is 119 Å². The number of rotatable bonds is 4. The Kier molecular flexibility index (Phi) is 4.68. The van der Waals surface area contributed by atoms with E-state index < -0.39 is 0 Å². The number of aromatic nitrogens is 2. The normalized spacial score (nSPS) is 11.3. The van der Waals surface area contributed by atoms with Gasteiger partial charge in [-0.1, -0.05) is 60.7 Å². The van der Waals surface area contributed by atoms with E-state index in [1.54, 1.807) is 24.4 Å². The van der Waals surface area contributed by atoms with Crippen molar-refractivity contribution in [3.8, 4) is 0 Å². The maximum absolute atomic E-state index is 14.1. The number of benzene rings is 4. The van der Waals surface area contributed by atoms with Gasteiger partial charge in [-0.25, -0.2) is 18.7 Å². The predicted molar refractivity (Wildman–Crippen MR) is 115 cm³/mol. The summed E-state index contributed by atoms with van der Waals surface area (Å²) in [5.41, 5.74) is 2.86. The first-order valence-electron chi connectivity index (χ1n) is 9.82. The van der Waals surface area contributed by atoms with E-state index in [2.05, 4.69) is 4.98 Å². The predicted octanol–water partition coefficient (Wildman–Crippen LogP) is 6.24. The summed E-state index contributed by atoms with van der Waals surface area (Å²) in [6.07, 6.45) is 2.84. The van der Waals surface area contributed by atoms with Crippen LogP contribution in [0.4, 0.5) is 8.78 Å². The van der Waals surface area contributed by atoms with Gasteiger partial charge in [-0.2, -0.15) is 0 Å². The number of nitrogens with zero attached hydrogens (tertiary/aromatic N) is 2. The third-order valence-electron chi connectivity index (χ3n) is 5.41. The quantitative estimate of drug-likeness (QED) is 0.359. The molecule has 0 radical (unpaired) electrons. The van der Waals surface area contributed by atoms with Crippen molar-refractivity contribution in [2.45, 2.75) is 12.8 Å². The van der Waals surface area contributed by atoms with E-state index in [0.29, 0.717) is 29.4 Å². The molecule has 0 aliphatic rings. The zero-order valence-electron chi connectivity index (χ0n) is 16.1. The largest absolute Gasteiger partial charge is 0.241 e. The van der Waals surface area contributed by atoms with E-state index in [9.17, 15) is 8.78 Å². The first kappa shape index (κ1) is 18.4. The lowest BCUT2D eigenvalue weighted by atomic mass is 10.00. The lowest BCUT2D eigenvalue weighted by molar-refractivity contribution is 0.639. The third kappa shape index (κ3) is 3.41. The molecule has 0 amide bonds. The average Bonchev–Trinajstić information content (AvgIpc) is 2.78. The lowest BCUT2D eigenvalue weighted by Crippen LogP contribution is -2.02. The van der Waals surface area contributed by atoms with Crippen molar-refractivity contribution in [2.24, 2.45) is 0 Å². The summed E-state index contributed by atoms with van der Waals surface area (Å²) >= 11 is 0. The highest BCUT2D eigenvalue weighted by atomic mass is 19.1. The van der Waals surface area contributed by atoms with Gasteiger partial charge in [0, 0.05) is 35.5 Å². The highest BCUT2D eigenvalue weighted by Crippen LogP contribution is 2.25. The fourth-order valence-corrected chi connectivity index (χ4v) is 3.95. The van der Waals surface area contributed by atoms with E-state index in [4.69, 9.17) is 4.98 Å². The number of hydrogen-bond acceptors (Lipinski definition) is 2. The summed E-state index contributed by atoms with van der Waals surface area (Å²) in [6.45, 7) is 0. The van der Waals surface area contributed by atoms with Crippen LogP contribution in [0.25, 0.3) is 21.5 Å². The second-order valence-corrected chi connectivity index (χ2v) is 7.32. The first-order valence-corrected chi connectivity index (χ1v) is 9.82. The molecule has 0 aliphatic carbocycles. The van der Waals surface area contributed by atoms with Crippen molar-refractivity contribution in [2.75, 3.05) is 0 Å². The van der Waals surface area contributed by atoms with Gasteiger partial charge in [-0.3, -0.25) is 0 Å². The third-order valence-corrected chi connectivity index (χ3v) is 5.41. The van der Waals surface area contributed by atoms with E-state index in [-0.39, 0.29) is 11.6 Å². The Morgan fingerprint density at radius 3 is 1.70 bits per heavy atom. The Morgan fingerprint density at radius 1 is 0.567 bits per heavy atom. The molecular weight excluding hydrogens is 378 g/mol. The molecule has 0 saturated carbocycles. The number of fused-ring (bicyclic) bond motifs is 2. The van der Waals surface area contributed by atoms with Crippen LogP contribution in [0.5, 0.6) is 0 Å². The molecule has 30 heavy (non-hydrogen) atoms. The fraction of sp³-hybridized carbons (Fsp3) is 0.0769. The van der Waals surface area contributed by atoms with Crippen LogP contribution in [-0.4, -0.2) is 9.97 Å². The molecule has 0 N–H and O–H groups in total. The molecule has 0 aliphatic heterocycles. The zero-order chi connectivity index (χ0) is 20.5. The van der Waals surface area contributed by atoms with Crippen molar-refractivity contribution in [1.82, 2.24) is 9.97 Å². The Labute approximate surface area is 172 Å². The number of halogens is 2. The topological polar surface area (TPSA) is 25.8 Å².